The summed E-state index contributed by atoms with van der Waals surface area (Å²) < 4.78 is 4.55. The standard InChI is InChI=1S/C16H18N2O4/c1-9-3-6-12(17-8-9)13(19)11-5-4-10-7-16(11,18-10)14(20)15(21)22-2/h3,6,8,10-11,18H,4-5,7H2,1-2H3/t10?,11?,16-/m0/s1. The van der Waals surface area contributed by atoms with Gasteiger partial charge in [-0.1, -0.05) is 6.07 Å². The molecule has 2 saturated heterocycles. The summed E-state index contributed by atoms with van der Waals surface area (Å²) in [7, 11) is 1.17. The molecule has 116 valence electrons. The Balaban J connectivity index is 1.90. The van der Waals surface area contributed by atoms with E-state index in [4.69, 9.17) is 0 Å². The van der Waals surface area contributed by atoms with E-state index in [2.05, 4.69) is 15.0 Å². The van der Waals surface area contributed by atoms with Gasteiger partial charge in [-0.05, 0) is 37.8 Å². The van der Waals surface area contributed by atoms with Gasteiger partial charge < -0.3 is 10.1 Å². The van der Waals surface area contributed by atoms with Crippen LogP contribution in [-0.2, 0) is 14.3 Å². The summed E-state index contributed by atoms with van der Waals surface area (Å²) in [6, 6.07) is 3.68. The van der Waals surface area contributed by atoms with E-state index in [9.17, 15) is 14.4 Å². The van der Waals surface area contributed by atoms with Crippen LogP contribution in [0.1, 0.15) is 35.3 Å². The van der Waals surface area contributed by atoms with Crippen molar-refractivity contribution in [3.63, 3.8) is 0 Å². The summed E-state index contributed by atoms with van der Waals surface area (Å²) in [4.78, 5) is 40.9. The van der Waals surface area contributed by atoms with Gasteiger partial charge in [0, 0.05) is 12.2 Å². The van der Waals surface area contributed by atoms with Gasteiger partial charge in [0.2, 0.25) is 0 Å². The van der Waals surface area contributed by atoms with Crippen molar-refractivity contribution in [3.05, 3.63) is 29.6 Å². The molecule has 22 heavy (non-hydrogen) atoms. The number of Topliss-reactive ketones (excluding diaryl/α,β-unsaturated/α-hetero) is 2. The number of nitrogens with one attached hydrogen (secondary N) is 1. The molecule has 0 aromatic carbocycles. The van der Waals surface area contributed by atoms with Crippen LogP contribution in [0.5, 0.6) is 0 Å². The quantitative estimate of drug-likeness (QED) is 0.503. The van der Waals surface area contributed by atoms with E-state index in [1.807, 2.05) is 13.0 Å². The van der Waals surface area contributed by atoms with Gasteiger partial charge >= 0.3 is 5.97 Å². The largest absolute Gasteiger partial charge is 0.463 e. The molecular weight excluding hydrogens is 284 g/mol. The van der Waals surface area contributed by atoms with Gasteiger partial charge in [-0.3, -0.25) is 14.6 Å². The molecule has 0 amide bonds. The van der Waals surface area contributed by atoms with Crippen LogP contribution in [0.15, 0.2) is 18.3 Å². The third kappa shape index (κ3) is 2.14. The van der Waals surface area contributed by atoms with Gasteiger partial charge in [-0.15, -0.1) is 0 Å². The Labute approximate surface area is 128 Å². The zero-order valence-corrected chi connectivity index (χ0v) is 12.6. The monoisotopic (exact) mass is 302 g/mol. The van der Waals surface area contributed by atoms with Gasteiger partial charge in [0.1, 0.15) is 11.2 Å². The number of aromatic nitrogens is 1. The van der Waals surface area contributed by atoms with Gasteiger partial charge in [-0.25, -0.2) is 4.79 Å². The second-order valence-corrected chi connectivity index (χ2v) is 6.05. The van der Waals surface area contributed by atoms with Crippen molar-refractivity contribution in [2.75, 3.05) is 7.11 Å². The van der Waals surface area contributed by atoms with Crippen LogP contribution >= 0.6 is 0 Å². The highest BCUT2D eigenvalue weighted by atomic mass is 16.5. The topological polar surface area (TPSA) is 85.4 Å². The Morgan fingerprint density at radius 3 is 2.64 bits per heavy atom. The lowest BCUT2D eigenvalue weighted by Gasteiger charge is -2.55. The summed E-state index contributed by atoms with van der Waals surface area (Å²) in [6.45, 7) is 1.89. The van der Waals surface area contributed by atoms with E-state index in [1.54, 1.807) is 12.3 Å². The van der Waals surface area contributed by atoms with Crippen LogP contribution in [0.3, 0.4) is 0 Å². The number of pyridine rings is 1. The molecule has 3 atom stereocenters. The Morgan fingerprint density at radius 2 is 2.05 bits per heavy atom. The second kappa shape index (κ2) is 5.28. The number of ketones is 2. The van der Waals surface area contributed by atoms with E-state index in [1.165, 1.54) is 7.11 Å². The first-order valence-corrected chi connectivity index (χ1v) is 7.35. The molecule has 1 aromatic heterocycles. The Kier molecular flexibility index (Phi) is 3.56. The number of rotatable bonds is 4. The second-order valence-electron chi connectivity index (χ2n) is 6.05. The predicted octanol–water partition coefficient (Wildman–Crippen LogP) is 0.826. The number of aryl methyl sites for hydroxylation is 1. The summed E-state index contributed by atoms with van der Waals surface area (Å²) in [5.41, 5.74) is 0.182. The third-order valence-electron chi connectivity index (χ3n) is 4.69. The lowest BCUT2D eigenvalue weighted by molar-refractivity contribution is -0.160. The Bertz CT molecular complexity index is 632. The first-order valence-electron chi connectivity index (χ1n) is 7.35. The highest BCUT2D eigenvalue weighted by Gasteiger charge is 2.61. The first kappa shape index (κ1) is 14.8. The summed E-state index contributed by atoms with van der Waals surface area (Å²) >= 11 is 0. The average molecular weight is 302 g/mol. The third-order valence-corrected chi connectivity index (χ3v) is 4.69. The van der Waals surface area contributed by atoms with Crippen molar-refractivity contribution in [1.82, 2.24) is 10.3 Å². The lowest BCUT2D eigenvalue weighted by Crippen LogP contribution is -2.76. The summed E-state index contributed by atoms with van der Waals surface area (Å²) in [6.07, 6.45) is 3.53. The SMILES string of the molecule is COC(=O)C(=O)[C@]12CC(CCC1C(=O)c1ccc(C)cn1)N2. The van der Waals surface area contributed by atoms with E-state index in [0.29, 0.717) is 18.5 Å². The van der Waals surface area contributed by atoms with E-state index >= 15 is 0 Å². The molecule has 2 bridgehead atoms. The van der Waals surface area contributed by atoms with Crippen LogP contribution in [0, 0.1) is 12.8 Å². The van der Waals surface area contributed by atoms with Gasteiger partial charge in [0.25, 0.3) is 5.78 Å². The molecule has 6 heteroatoms. The smallest absolute Gasteiger partial charge is 0.376 e. The molecule has 1 N–H and O–H groups in total. The number of esters is 1. The minimum Gasteiger partial charge on any atom is -0.463 e. The number of piperidine rings is 1. The summed E-state index contributed by atoms with van der Waals surface area (Å²) in [5.74, 6) is -2.32. The molecule has 6 nitrogen and oxygen atoms in total. The molecule has 2 aliphatic heterocycles. The van der Waals surface area contributed by atoms with Crippen LogP contribution in [0.2, 0.25) is 0 Å². The van der Waals surface area contributed by atoms with Crippen LogP contribution < -0.4 is 5.32 Å². The van der Waals surface area contributed by atoms with E-state index in [-0.39, 0.29) is 11.8 Å². The number of fused-ring (bicyclic) bond motifs is 2. The number of carbonyl (C=O) groups is 3. The summed E-state index contributed by atoms with van der Waals surface area (Å²) in [5, 5.41) is 3.12. The number of carbonyl (C=O) groups excluding carboxylic acids is 3. The van der Waals surface area contributed by atoms with Crippen molar-refractivity contribution >= 4 is 17.5 Å². The molecule has 3 heterocycles. The molecule has 3 fully saturated rings. The van der Waals surface area contributed by atoms with Crippen LogP contribution in [-0.4, -0.2) is 41.2 Å². The maximum absolute atomic E-state index is 12.8. The van der Waals surface area contributed by atoms with Crippen molar-refractivity contribution in [3.8, 4) is 0 Å². The number of ether oxygens (including phenoxy) is 1. The zero-order valence-electron chi connectivity index (χ0n) is 12.6. The maximum atomic E-state index is 12.8. The molecule has 1 saturated carbocycles. The fourth-order valence-corrected chi connectivity index (χ4v) is 3.50. The van der Waals surface area contributed by atoms with Crippen molar-refractivity contribution in [1.29, 1.82) is 0 Å². The van der Waals surface area contributed by atoms with Gasteiger partial charge in [0.05, 0.1) is 13.0 Å². The number of hydrogen-bond donors (Lipinski definition) is 1. The van der Waals surface area contributed by atoms with Crippen molar-refractivity contribution in [2.24, 2.45) is 5.92 Å². The van der Waals surface area contributed by atoms with Crippen LogP contribution in [0.4, 0.5) is 0 Å². The molecule has 3 aliphatic rings. The normalized spacial score (nSPS) is 29.4. The highest BCUT2D eigenvalue weighted by molar-refractivity contribution is 6.38. The van der Waals surface area contributed by atoms with E-state index < -0.39 is 23.2 Å². The first-order chi connectivity index (χ1) is 10.5. The molecule has 1 aliphatic carbocycles. The average Bonchev–Trinajstić information content (AvgIpc) is 2.52. The van der Waals surface area contributed by atoms with Crippen molar-refractivity contribution in [2.45, 2.75) is 37.8 Å². The van der Waals surface area contributed by atoms with Gasteiger partial charge in [0.15, 0.2) is 5.78 Å². The fraction of sp³-hybridized carbons (Fsp3) is 0.500. The lowest BCUT2D eigenvalue weighted by atomic mass is 9.60. The maximum Gasteiger partial charge on any atom is 0.376 e. The molecule has 2 unspecified atom stereocenters. The van der Waals surface area contributed by atoms with Gasteiger partial charge in [-0.2, -0.15) is 0 Å². The number of nitrogens with zero attached hydrogens (tertiary/aromatic N) is 1. The fourth-order valence-electron chi connectivity index (χ4n) is 3.50. The highest BCUT2D eigenvalue weighted by Crippen LogP contribution is 2.44. The van der Waals surface area contributed by atoms with Crippen LogP contribution in [0.25, 0.3) is 0 Å². The molecule has 4 rings (SSSR count). The molecule has 0 spiro atoms. The molecular formula is C16H18N2O4. The molecule has 1 aromatic rings. The Morgan fingerprint density at radius 1 is 1.32 bits per heavy atom. The van der Waals surface area contributed by atoms with Crippen molar-refractivity contribution < 1.29 is 19.1 Å². The predicted molar refractivity (Wildman–Crippen MR) is 77.3 cm³/mol. The number of hydrogen-bond acceptors (Lipinski definition) is 6. The minimum atomic E-state index is -1.11. The molecule has 0 radical (unpaired) electrons. The number of methoxy groups -OCH3 is 1. The minimum absolute atomic E-state index is 0.192. The Hall–Kier alpha value is -2.08. The van der Waals surface area contributed by atoms with E-state index in [0.717, 1.165) is 12.0 Å². The zero-order chi connectivity index (χ0) is 15.9.